The molecule has 8 heteroatoms. The molecule has 3 aromatic rings. The molecule has 0 aliphatic carbocycles. The molecule has 0 bridgehead atoms. The lowest BCUT2D eigenvalue weighted by Crippen LogP contribution is -2.18. The number of anilines is 2. The van der Waals surface area contributed by atoms with Gasteiger partial charge in [-0.25, -0.2) is 0 Å². The molecule has 2 aromatic carbocycles. The third kappa shape index (κ3) is 3.61. The van der Waals surface area contributed by atoms with Crippen molar-refractivity contribution in [1.82, 2.24) is 5.16 Å². The Morgan fingerprint density at radius 2 is 1.35 bits per heavy atom. The number of nitrogens with zero attached hydrogens (tertiary/aromatic N) is 5. The van der Waals surface area contributed by atoms with Gasteiger partial charge in [-0.05, 0) is 36.4 Å². The standard InChI is InChI=1S/C23H23N5O3/c1-29-21-5-3-16(27-9-7-24-14-27)11-18(21)20-13-23(31-26-20)19-12-17(4-6-22(19)30-2)28-10-8-25-15-28/h3-6,11-15H,7-10H2,1-2H3. The predicted octanol–water partition coefficient (Wildman–Crippen LogP) is 3.72. The Bertz CT molecular complexity index is 1070. The summed E-state index contributed by atoms with van der Waals surface area (Å²) in [5.41, 5.74) is 4.45. The van der Waals surface area contributed by atoms with E-state index in [1.54, 1.807) is 14.2 Å². The van der Waals surface area contributed by atoms with Crippen molar-refractivity contribution in [3.63, 3.8) is 0 Å². The van der Waals surface area contributed by atoms with Crippen molar-refractivity contribution in [2.45, 2.75) is 0 Å². The molecule has 0 saturated carbocycles. The van der Waals surface area contributed by atoms with Crippen molar-refractivity contribution >= 4 is 24.1 Å². The minimum Gasteiger partial charge on any atom is -0.496 e. The highest BCUT2D eigenvalue weighted by Crippen LogP contribution is 2.38. The second kappa shape index (κ2) is 8.14. The monoisotopic (exact) mass is 417 g/mol. The van der Waals surface area contributed by atoms with Gasteiger partial charge in [0.25, 0.3) is 0 Å². The van der Waals surface area contributed by atoms with Crippen molar-refractivity contribution in [1.29, 1.82) is 0 Å². The average molecular weight is 417 g/mol. The molecule has 0 saturated heterocycles. The van der Waals surface area contributed by atoms with Gasteiger partial charge in [0.15, 0.2) is 5.76 Å². The minimum atomic E-state index is 0.625. The van der Waals surface area contributed by atoms with Crippen LogP contribution in [0.5, 0.6) is 11.5 Å². The molecular weight excluding hydrogens is 394 g/mol. The Hall–Kier alpha value is -3.81. The molecule has 5 rings (SSSR count). The zero-order valence-corrected chi connectivity index (χ0v) is 17.5. The fourth-order valence-electron chi connectivity index (χ4n) is 3.82. The topological polar surface area (TPSA) is 75.7 Å². The number of benzene rings is 2. The third-order valence-corrected chi connectivity index (χ3v) is 5.46. The number of ether oxygens (including phenoxy) is 2. The Morgan fingerprint density at radius 3 is 1.90 bits per heavy atom. The van der Waals surface area contributed by atoms with Crippen LogP contribution in [0.25, 0.3) is 22.6 Å². The third-order valence-electron chi connectivity index (χ3n) is 5.46. The molecule has 0 atom stereocenters. The highest BCUT2D eigenvalue weighted by Gasteiger charge is 2.19. The zero-order chi connectivity index (χ0) is 21.2. The molecule has 8 nitrogen and oxygen atoms in total. The lowest BCUT2D eigenvalue weighted by atomic mass is 10.1. The highest BCUT2D eigenvalue weighted by molar-refractivity contribution is 5.86. The largest absolute Gasteiger partial charge is 0.496 e. The van der Waals surface area contributed by atoms with Gasteiger partial charge in [-0.1, -0.05) is 5.16 Å². The van der Waals surface area contributed by atoms with E-state index in [1.165, 1.54) is 0 Å². The van der Waals surface area contributed by atoms with Gasteiger partial charge in [0, 0.05) is 36.1 Å². The van der Waals surface area contributed by atoms with Crippen LogP contribution in [-0.4, -0.2) is 58.2 Å². The van der Waals surface area contributed by atoms with Crippen LogP contribution in [0.1, 0.15) is 0 Å². The zero-order valence-electron chi connectivity index (χ0n) is 17.5. The lowest BCUT2D eigenvalue weighted by Gasteiger charge is -2.16. The van der Waals surface area contributed by atoms with E-state index >= 15 is 0 Å². The summed E-state index contributed by atoms with van der Waals surface area (Å²) >= 11 is 0. The number of methoxy groups -OCH3 is 2. The van der Waals surface area contributed by atoms with Crippen LogP contribution >= 0.6 is 0 Å². The van der Waals surface area contributed by atoms with Crippen LogP contribution in [0.2, 0.25) is 0 Å². The van der Waals surface area contributed by atoms with Crippen molar-refractivity contribution < 1.29 is 14.0 Å². The molecule has 3 heterocycles. The Kier molecular flexibility index (Phi) is 5.03. The van der Waals surface area contributed by atoms with Crippen LogP contribution in [0.4, 0.5) is 11.4 Å². The van der Waals surface area contributed by atoms with E-state index in [9.17, 15) is 0 Å². The number of aliphatic imine (C=N–C) groups is 2. The molecule has 31 heavy (non-hydrogen) atoms. The van der Waals surface area contributed by atoms with Crippen LogP contribution in [0, 0.1) is 0 Å². The Morgan fingerprint density at radius 1 is 0.774 bits per heavy atom. The molecular formula is C23H23N5O3. The van der Waals surface area contributed by atoms with Crippen LogP contribution < -0.4 is 19.3 Å². The summed E-state index contributed by atoms with van der Waals surface area (Å²) in [7, 11) is 3.30. The minimum absolute atomic E-state index is 0.625. The molecule has 0 fully saturated rings. The lowest BCUT2D eigenvalue weighted by molar-refractivity contribution is 0.405. The van der Waals surface area contributed by atoms with Gasteiger partial charge < -0.3 is 23.8 Å². The van der Waals surface area contributed by atoms with Gasteiger partial charge in [0.2, 0.25) is 0 Å². The number of rotatable bonds is 6. The predicted molar refractivity (Wildman–Crippen MR) is 122 cm³/mol. The Balaban J connectivity index is 1.53. The molecule has 1 aromatic heterocycles. The molecule has 158 valence electrons. The van der Waals surface area contributed by atoms with E-state index in [0.29, 0.717) is 11.5 Å². The maximum absolute atomic E-state index is 5.75. The number of hydrogen-bond donors (Lipinski definition) is 0. The van der Waals surface area contributed by atoms with Gasteiger partial charge >= 0.3 is 0 Å². The second-order valence-corrected chi connectivity index (χ2v) is 7.28. The fourth-order valence-corrected chi connectivity index (χ4v) is 3.82. The van der Waals surface area contributed by atoms with Crippen LogP contribution in [0.15, 0.2) is 57.0 Å². The van der Waals surface area contributed by atoms with E-state index in [4.69, 9.17) is 14.0 Å². The van der Waals surface area contributed by atoms with Crippen LogP contribution in [0.3, 0.4) is 0 Å². The summed E-state index contributed by atoms with van der Waals surface area (Å²) in [6.45, 7) is 3.32. The first-order chi connectivity index (χ1) is 15.3. The summed E-state index contributed by atoms with van der Waals surface area (Å²) in [4.78, 5) is 12.8. The maximum atomic E-state index is 5.75. The Labute approximate surface area is 180 Å². The molecule has 2 aliphatic heterocycles. The van der Waals surface area contributed by atoms with Gasteiger partial charge in [-0.15, -0.1) is 0 Å². The van der Waals surface area contributed by atoms with E-state index in [0.717, 1.165) is 60.2 Å². The van der Waals surface area contributed by atoms with Gasteiger partial charge in [-0.2, -0.15) is 0 Å². The smallest absolute Gasteiger partial charge is 0.171 e. The summed E-state index contributed by atoms with van der Waals surface area (Å²) < 4.78 is 16.9. The van der Waals surface area contributed by atoms with E-state index in [-0.39, 0.29) is 0 Å². The molecule has 2 aliphatic rings. The molecule has 0 unspecified atom stereocenters. The molecule has 0 amide bonds. The summed E-state index contributed by atoms with van der Waals surface area (Å²) in [5, 5.41) is 4.34. The van der Waals surface area contributed by atoms with Crippen molar-refractivity contribution in [3.05, 3.63) is 42.5 Å². The SMILES string of the molecule is COc1ccc(N2C=NCC2)cc1-c1cc(-c2cc(N3C=NCC3)ccc2OC)on1. The summed E-state index contributed by atoms with van der Waals surface area (Å²) in [5.74, 6) is 2.07. The number of aromatic nitrogens is 1. The first-order valence-corrected chi connectivity index (χ1v) is 10.1. The summed E-state index contributed by atoms with van der Waals surface area (Å²) in [6.07, 6.45) is 3.72. The molecule has 0 spiro atoms. The molecule has 0 radical (unpaired) electrons. The van der Waals surface area contributed by atoms with Crippen LogP contribution in [-0.2, 0) is 0 Å². The molecule has 0 N–H and O–H groups in total. The number of hydrogen-bond acceptors (Lipinski definition) is 8. The van der Waals surface area contributed by atoms with E-state index in [2.05, 4.69) is 24.9 Å². The van der Waals surface area contributed by atoms with Gasteiger partial charge in [-0.3, -0.25) is 9.98 Å². The van der Waals surface area contributed by atoms with E-state index in [1.807, 2.05) is 55.1 Å². The fraction of sp³-hybridized carbons (Fsp3) is 0.261. The van der Waals surface area contributed by atoms with Crippen molar-refractivity contribution in [2.75, 3.05) is 50.2 Å². The highest BCUT2D eigenvalue weighted by atomic mass is 16.5. The normalized spacial score (nSPS) is 15.2. The van der Waals surface area contributed by atoms with Crippen molar-refractivity contribution in [3.8, 4) is 34.1 Å². The second-order valence-electron chi connectivity index (χ2n) is 7.28. The van der Waals surface area contributed by atoms with E-state index < -0.39 is 0 Å². The van der Waals surface area contributed by atoms with Gasteiger partial charge in [0.05, 0.1) is 45.5 Å². The van der Waals surface area contributed by atoms with Crippen molar-refractivity contribution in [2.24, 2.45) is 9.98 Å². The maximum Gasteiger partial charge on any atom is 0.171 e. The first kappa shape index (κ1) is 19.2. The average Bonchev–Trinajstić information content (AvgIpc) is 3.60. The quantitative estimate of drug-likeness (QED) is 0.608. The summed E-state index contributed by atoms with van der Waals surface area (Å²) in [6, 6.07) is 13.9. The first-order valence-electron chi connectivity index (χ1n) is 10.1. The van der Waals surface area contributed by atoms with Gasteiger partial charge in [0.1, 0.15) is 17.2 Å².